The molecule has 98 valence electrons. The normalized spacial score (nSPS) is 16.9. The highest BCUT2D eigenvalue weighted by atomic mass is 35.5. The molecule has 0 saturated heterocycles. The first-order valence-electron chi connectivity index (χ1n) is 6.18. The van der Waals surface area contributed by atoms with E-state index in [1.807, 2.05) is 30.9 Å². The van der Waals surface area contributed by atoms with E-state index in [9.17, 15) is 0 Å². The number of hydrogen-bond acceptors (Lipinski definition) is 3. The van der Waals surface area contributed by atoms with Gasteiger partial charge < -0.3 is 10.1 Å². The first-order chi connectivity index (χ1) is 8.79. The summed E-state index contributed by atoms with van der Waals surface area (Å²) in [5, 5.41) is 4.09. The van der Waals surface area contributed by atoms with Crippen LogP contribution in [0.1, 0.15) is 12.8 Å². The molecule has 0 aliphatic carbocycles. The van der Waals surface area contributed by atoms with Gasteiger partial charge in [-0.25, -0.2) is 0 Å². The molecule has 1 aliphatic rings. The van der Waals surface area contributed by atoms with Crippen LogP contribution < -0.4 is 5.32 Å². The van der Waals surface area contributed by atoms with Gasteiger partial charge in [0.05, 0.1) is 12.6 Å². The lowest BCUT2D eigenvalue weighted by atomic mass is 10.2. The van der Waals surface area contributed by atoms with Crippen molar-refractivity contribution in [2.45, 2.75) is 23.8 Å². The molecule has 0 spiro atoms. The third-order valence-electron chi connectivity index (χ3n) is 2.88. The van der Waals surface area contributed by atoms with Crippen LogP contribution in [0.2, 0.25) is 5.02 Å². The van der Waals surface area contributed by atoms with Crippen LogP contribution in [0.25, 0.3) is 0 Å². The zero-order valence-electron chi connectivity index (χ0n) is 10.5. The molecular weight excluding hydrogens is 266 g/mol. The molecule has 1 aromatic rings. The van der Waals surface area contributed by atoms with Gasteiger partial charge in [0.2, 0.25) is 0 Å². The van der Waals surface area contributed by atoms with Crippen molar-refractivity contribution in [1.29, 1.82) is 0 Å². The molecule has 2 nitrogen and oxygen atoms in total. The van der Waals surface area contributed by atoms with Crippen molar-refractivity contribution >= 4 is 23.4 Å². The fraction of sp³-hybridized carbons (Fsp3) is 0.429. The molecule has 0 aromatic heterocycles. The van der Waals surface area contributed by atoms with Crippen molar-refractivity contribution in [2.24, 2.45) is 0 Å². The monoisotopic (exact) mass is 283 g/mol. The fourth-order valence-corrected chi connectivity index (χ4v) is 2.98. The second kappa shape index (κ2) is 7.07. The predicted molar refractivity (Wildman–Crippen MR) is 78.3 cm³/mol. The Balaban J connectivity index is 1.90. The average molecular weight is 284 g/mol. The minimum Gasteiger partial charge on any atom is -0.497 e. The third-order valence-corrected chi connectivity index (χ3v) is 4.24. The highest BCUT2D eigenvalue weighted by Gasteiger charge is 2.16. The first-order valence-corrected chi connectivity index (χ1v) is 7.54. The summed E-state index contributed by atoms with van der Waals surface area (Å²) in [6.45, 7) is 0.843. The van der Waals surface area contributed by atoms with Gasteiger partial charge in [-0.15, -0.1) is 11.8 Å². The van der Waals surface area contributed by atoms with E-state index in [2.05, 4.69) is 23.5 Å². The maximum Gasteiger partial charge on any atom is 0.110 e. The van der Waals surface area contributed by atoms with Gasteiger partial charge in [0.15, 0.2) is 0 Å². The van der Waals surface area contributed by atoms with Crippen molar-refractivity contribution in [3.63, 3.8) is 0 Å². The number of benzene rings is 1. The smallest absolute Gasteiger partial charge is 0.110 e. The van der Waals surface area contributed by atoms with Crippen LogP contribution in [-0.4, -0.2) is 25.4 Å². The Morgan fingerprint density at radius 2 is 2.17 bits per heavy atom. The quantitative estimate of drug-likeness (QED) is 0.833. The molecule has 0 amide bonds. The number of hydrogen-bond donors (Lipinski definition) is 1. The summed E-state index contributed by atoms with van der Waals surface area (Å²) in [7, 11) is 1.98. The molecule has 0 bridgehead atoms. The molecule has 0 radical (unpaired) electrons. The van der Waals surface area contributed by atoms with Gasteiger partial charge in [-0.2, -0.15) is 0 Å². The van der Waals surface area contributed by atoms with Gasteiger partial charge in [0.25, 0.3) is 0 Å². The predicted octanol–water partition coefficient (Wildman–Crippen LogP) is 3.71. The van der Waals surface area contributed by atoms with Crippen molar-refractivity contribution in [2.75, 3.05) is 19.4 Å². The molecule has 1 aliphatic heterocycles. The summed E-state index contributed by atoms with van der Waals surface area (Å²) in [4.78, 5) is 1.23. The molecule has 0 fully saturated rings. The number of nitrogens with one attached hydrogen (secondary N) is 1. The largest absolute Gasteiger partial charge is 0.497 e. The van der Waals surface area contributed by atoms with E-state index < -0.39 is 0 Å². The molecule has 4 heteroatoms. The summed E-state index contributed by atoms with van der Waals surface area (Å²) in [5.74, 6) is 2.05. The highest BCUT2D eigenvalue weighted by Crippen LogP contribution is 2.24. The number of thioether (sulfide) groups is 1. The SMILES string of the molecule is CNC(CSc1ccc(Cl)cc1)C1=CCCCO1. The topological polar surface area (TPSA) is 21.3 Å². The maximum atomic E-state index is 5.87. The Morgan fingerprint density at radius 3 is 2.78 bits per heavy atom. The highest BCUT2D eigenvalue weighted by molar-refractivity contribution is 7.99. The van der Waals surface area contributed by atoms with Crippen LogP contribution in [0, 0.1) is 0 Å². The number of likely N-dealkylation sites (N-methyl/N-ethyl adjacent to an activating group) is 1. The lowest BCUT2D eigenvalue weighted by molar-refractivity contribution is 0.173. The second-order valence-electron chi connectivity index (χ2n) is 4.20. The average Bonchev–Trinajstić information content (AvgIpc) is 2.43. The second-order valence-corrected chi connectivity index (χ2v) is 5.73. The molecule has 1 atom stereocenters. The van der Waals surface area contributed by atoms with Gasteiger partial charge in [-0.3, -0.25) is 0 Å². The van der Waals surface area contributed by atoms with Gasteiger partial charge in [0, 0.05) is 15.7 Å². The zero-order chi connectivity index (χ0) is 12.8. The molecule has 1 unspecified atom stereocenters. The third kappa shape index (κ3) is 3.94. The van der Waals surface area contributed by atoms with Gasteiger partial charge in [0.1, 0.15) is 5.76 Å². The van der Waals surface area contributed by atoms with E-state index in [-0.39, 0.29) is 6.04 Å². The van der Waals surface area contributed by atoms with E-state index in [0.29, 0.717) is 0 Å². The summed E-state index contributed by atoms with van der Waals surface area (Å²) in [6, 6.07) is 8.24. The summed E-state index contributed by atoms with van der Waals surface area (Å²) < 4.78 is 5.70. The Hall–Kier alpha value is -0.640. The standard InChI is InChI=1S/C14H18ClNOS/c1-16-13(14-4-2-3-9-17-14)10-18-12-7-5-11(15)6-8-12/h4-8,13,16H,2-3,9-10H2,1H3. The van der Waals surface area contributed by atoms with E-state index in [0.717, 1.165) is 36.0 Å². The lowest BCUT2D eigenvalue weighted by Gasteiger charge is -2.23. The van der Waals surface area contributed by atoms with Crippen molar-refractivity contribution in [3.05, 3.63) is 41.1 Å². The first kappa shape index (κ1) is 13.8. The Morgan fingerprint density at radius 1 is 1.39 bits per heavy atom. The Kier molecular flexibility index (Phi) is 5.42. The minimum absolute atomic E-state index is 0.283. The van der Waals surface area contributed by atoms with Crippen molar-refractivity contribution in [1.82, 2.24) is 5.32 Å². The summed E-state index contributed by atoms with van der Waals surface area (Å²) >= 11 is 7.69. The van der Waals surface area contributed by atoms with Gasteiger partial charge >= 0.3 is 0 Å². The number of allylic oxidation sites excluding steroid dienone is 1. The van der Waals surface area contributed by atoms with E-state index in [1.54, 1.807) is 0 Å². The Bertz CT molecular complexity index is 405. The number of ether oxygens (including phenoxy) is 1. The molecule has 1 N–H and O–H groups in total. The summed E-state index contributed by atoms with van der Waals surface area (Å²) in [5.41, 5.74) is 0. The van der Waals surface area contributed by atoms with Crippen LogP contribution in [0.15, 0.2) is 41.0 Å². The number of halogens is 1. The van der Waals surface area contributed by atoms with Crippen molar-refractivity contribution < 1.29 is 4.74 Å². The zero-order valence-corrected chi connectivity index (χ0v) is 12.1. The molecular formula is C14H18ClNOS. The van der Waals surface area contributed by atoms with Crippen molar-refractivity contribution in [3.8, 4) is 0 Å². The van der Waals surface area contributed by atoms with E-state index in [4.69, 9.17) is 16.3 Å². The van der Waals surface area contributed by atoms with E-state index >= 15 is 0 Å². The van der Waals surface area contributed by atoms with Crippen LogP contribution in [-0.2, 0) is 4.74 Å². The van der Waals surface area contributed by atoms with Crippen LogP contribution in [0.5, 0.6) is 0 Å². The Labute approximate surface area is 118 Å². The minimum atomic E-state index is 0.283. The molecule has 2 rings (SSSR count). The van der Waals surface area contributed by atoms with E-state index in [1.165, 1.54) is 4.90 Å². The summed E-state index contributed by atoms with van der Waals surface area (Å²) in [6.07, 6.45) is 4.45. The van der Waals surface area contributed by atoms with Crippen LogP contribution in [0.4, 0.5) is 0 Å². The number of rotatable bonds is 5. The molecule has 18 heavy (non-hydrogen) atoms. The molecule has 1 aromatic carbocycles. The van der Waals surface area contributed by atoms with Crippen LogP contribution in [0.3, 0.4) is 0 Å². The molecule has 0 saturated carbocycles. The maximum absolute atomic E-state index is 5.87. The fourth-order valence-electron chi connectivity index (χ4n) is 1.84. The molecule has 1 heterocycles. The van der Waals surface area contributed by atoms with Gasteiger partial charge in [-0.1, -0.05) is 11.6 Å². The van der Waals surface area contributed by atoms with Gasteiger partial charge in [-0.05, 0) is 50.2 Å². The lowest BCUT2D eigenvalue weighted by Crippen LogP contribution is -2.32. The van der Waals surface area contributed by atoms with Crippen LogP contribution >= 0.6 is 23.4 Å².